The predicted molar refractivity (Wildman–Crippen MR) is 98.3 cm³/mol. The molecule has 4 nitrogen and oxygen atoms in total. The summed E-state index contributed by atoms with van der Waals surface area (Å²) < 4.78 is 53.1. The Morgan fingerprint density at radius 3 is 2.30 bits per heavy atom. The van der Waals surface area contributed by atoms with E-state index >= 15 is 0 Å². The average molecular weight is 388 g/mol. The molecule has 1 aromatic rings. The molecular weight excluding hydrogens is 360 g/mol. The molecule has 152 valence electrons. The molecule has 0 atom stereocenters. The quantitative estimate of drug-likeness (QED) is 0.599. The van der Waals surface area contributed by atoms with E-state index in [1.54, 1.807) is 11.0 Å². The highest BCUT2D eigenvalue weighted by atomic mass is 19.4. The molecule has 0 unspecified atom stereocenters. The molecule has 27 heavy (non-hydrogen) atoms. The van der Waals surface area contributed by atoms with Gasteiger partial charge in [0.15, 0.2) is 0 Å². The highest BCUT2D eigenvalue weighted by Gasteiger charge is 2.41. The van der Waals surface area contributed by atoms with E-state index in [-0.39, 0.29) is 32.0 Å². The van der Waals surface area contributed by atoms with Gasteiger partial charge in [-0.3, -0.25) is 0 Å². The SMILES string of the molecule is Cc1cc(N2CCC(C(F)(F)F)CC2)nc(F)c1NC1CCC(CN)CC1. The Hall–Kier alpha value is -1.57. The fraction of sp³-hybridized carbons (Fsp3) is 0.737. The molecule has 1 saturated heterocycles. The minimum Gasteiger partial charge on any atom is -0.378 e. The number of alkyl halides is 3. The molecule has 1 aromatic heterocycles. The van der Waals surface area contributed by atoms with Crippen LogP contribution in [0.2, 0.25) is 0 Å². The standard InChI is InChI=1S/C19H28F4N4/c1-12-10-16(27-8-6-14(7-9-27)19(21,22)23)26-18(20)17(12)25-15-4-2-13(11-24)3-5-15/h10,13-15,25H,2-9,11,24H2,1H3. The smallest absolute Gasteiger partial charge is 0.378 e. The van der Waals surface area contributed by atoms with Crippen molar-refractivity contribution in [2.24, 2.45) is 17.6 Å². The molecule has 3 N–H and O–H groups in total. The van der Waals surface area contributed by atoms with Crippen LogP contribution in [0.25, 0.3) is 0 Å². The van der Waals surface area contributed by atoms with Crippen LogP contribution >= 0.6 is 0 Å². The number of nitrogens with one attached hydrogen (secondary N) is 1. The van der Waals surface area contributed by atoms with E-state index in [1.807, 2.05) is 6.92 Å². The van der Waals surface area contributed by atoms with Crippen LogP contribution in [0.4, 0.5) is 29.1 Å². The zero-order valence-corrected chi connectivity index (χ0v) is 15.7. The number of hydrogen-bond acceptors (Lipinski definition) is 4. The van der Waals surface area contributed by atoms with Gasteiger partial charge in [-0.2, -0.15) is 17.6 Å². The number of aryl methyl sites for hydroxylation is 1. The molecule has 0 radical (unpaired) electrons. The maximum absolute atomic E-state index is 14.6. The monoisotopic (exact) mass is 388 g/mol. The molecule has 0 amide bonds. The summed E-state index contributed by atoms with van der Waals surface area (Å²) >= 11 is 0. The van der Waals surface area contributed by atoms with Gasteiger partial charge in [0.2, 0.25) is 5.95 Å². The number of rotatable bonds is 4. The second-order valence-electron chi connectivity index (χ2n) is 7.86. The van der Waals surface area contributed by atoms with Crippen LogP contribution in [0, 0.1) is 24.7 Å². The molecule has 2 fully saturated rings. The fourth-order valence-electron chi connectivity index (χ4n) is 4.14. The fourth-order valence-corrected chi connectivity index (χ4v) is 4.14. The van der Waals surface area contributed by atoms with Gasteiger partial charge in [0.1, 0.15) is 5.82 Å². The van der Waals surface area contributed by atoms with E-state index in [1.165, 1.54) is 0 Å². The van der Waals surface area contributed by atoms with Crippen LogP contribution in [-0.4, -0.2) is 36.8 Å². The van der Waals surface area contributed by atoms with Crippen molar-refractivity contribution >= 4 is 11.5 Å². The Kier molecular flexibility index (Phi) is 6.13. The molecule has 1 saturated carbocycles. The largest absolute Gasteiger partial charge is 0.391 e. The zero-order chi connectivity index (χ0) is 19.6. The van der Waals surface area contributed by atoms with Gasteiger partial charge in [-0.15, -0.1) is 0 Å². The molecule has 1 aliphatic heterocycles. The molecule has 3 rings (SSSR count). The van der Waals surface area contributed by atoms with Crippen molar-refractivity contribution in [2.45, 2.75) is 57.7 Å². The maximum Gasteiger partial charge on any atom is 0.391 e. The molecule has 1 aliphatic carbocycles. The summed E-state index contributed by atoms with van der Waals surface area (Å²) in [5, 5.41) is 3.27. The molecule has 2 heterocycles. The minimum atomic E-state index is -4.16. The van der Waals surface area contributed by atoms with Crippen LogP contribution in [0.1, 0.15) is 44.1 Å². The second-order valence-corrected chi connectivity index (χ2v) is 7.86. The van der Waals surface area contributed by atoms with Crippen molar-refractivity contribution in [3.63, 3.8) is 0 Å². The summed E-state index contributed by atoms with van der Waals surface area (Å²) in [7, 11) is 0. The van der Waals surface area contributed by atoms with Crippen molar-refractivity contribution in [3.05, 3.63) is 17.6 Å². The van der Waals surface area contributed by atoms with E-state index in [0.29, 0.717) is 24.0 Å². The number of hydrogen-bond donors (Lipinski definition) is 2. The Bertz CT molecular complexity index is 610. The average Bonchev–Trinajstić information content (AvgIpc) is 2.64. The Balaban J connectivity index is 1.63. The van der Waals surface area contributed by atoms with E-state index < -0.39 is 18.0 Å². The van der Waals surface area contributed by atoms with Crippen molar-refractivity contribution in [1.82, 2.24) is 4.98 Å². The molecule has 0 aromatic carbocycles. The van der Waals surface area contributed by atoms with Crippen LogP contribution < -0.4 is 16.0 Å². The van der Waals surface area contributed by atoms with Gasteiger partial charge in [-0.05, 0) is 69.5 Å². The maximum atomic E-state index is 14.6. The predicted octanol–water partition coefficient (Wildman–Crippen LogP) is 4.24. The minimum absolute atomic E-state index is 0.0240. The zero-order valence-electron chi connectivity index (χ0n) is 15.7. The Morgan fingerprint density at radius 1 is 1.15 bits per heavy atom. The second kappa shape index (κ2) is 8.20. The van der Waals surface area contributed by atoms with E-state index in [9.17, 15) is 17.6 Å². The number of piperidine rings is 1. The highest BCUT2D eigenvalue weighted by molar-refractivity contribution is 5.56. The van der Waals surface area contributed by atoms with Crippen LogP contribution in [-0.2, 0) is 0 Å². The number of anilines is 2. The highest BCUT2D eigenvalue weighted by Crippen LogP contribution is 2.36. The summed E-state index contributed by atoms with van der Waals surface area (Å²) in [4.78, 5) is 5.78. The van der Waals surface area contributed by atoms with Gasteiger partial charge in [0.05, 0.1) is 11.6 Å². The first-order valence-corrected chi connectivity index (χ1v) is 9.73. The summed E-state index contributed by atoms with van der Waals surface area (Å²) in [6.07, 6.45) is -0.131. The number of pyridine rings is 1. The third-order valence-electron chi connectivity index (χ3n) is 5.97. The molecule has 0 spiro atoms. The topological polar surface area (TPSA) is 54.2 Å². The lowest BCUT2D eigenvalue weighted by Gasteiger charge is -2.34. The summed E-state index contributed by atoms with van der Waals surface area (Å²) in [5.41, 5.74) is 6.85. The lowest BCUT2D eigenvalue weighted by molar-refractivity contribution is -0.179. The van der Waals surface area contributed by atoms with Gasteiger partial charge in [0.25, 0.3) is 0 Å². The van der Waals surface area contributed by atoms with Crippen LogP contribution in [0.3, 0.4) is 0 Å². The molecule has 8 heteroatoms. The van der Waals surface area contributed by atoms with E-state index in [0.717, 1.165) is 31.2 Å². The summed E-state index contributed by atoms with van der Waals surface area (Å²) in [6.45, 7) is 2.99. The van der Waals surface area contributed by atoms with Gasteiger partial charge in [-0.25, -0.2) is 4.98 Å². The van der Waals surface area contributed by atoms with Crippen molar-refractivity contribution in [2.75, 3.05) is 29.9 Å². The third kappa shape index (κ3) is 4.83. The van der Waals surface area contributed by atoms with Gasteiger partial charge >= 0.3 is 6.18 Å². The van der Waals surface area contributed by atoms with Crippen molar-refractivity contribution in [3.8, 4) is 0 Å². The number of aromatic nitrogens is 1. The molecule has 0 bridgehead atoms. The lowest BCUT2D eigenvalue weighted by atomic mass is 9.86. The number of nitrogens with zero attached hydrogens (tertiary/aromatic N) is 2. The van der Waals surface area contributed by atoms with E-state index in [2.05, 4.69) is 10.3 Å². The van der Waals surface area contributed by atoms with Crippen molar-refractivity contribution in [1.29, 1.82) is 0 Å². The normalized spacial score (nSPS) is 24.9. The van der Waals surface area contributed by atoms with Crippen LogP contribution in [0.15, 0.2) is 6.07 Å². The first-order valence-electron chi connectivity index (χ1n) is 9.73. The number of halogens is 4. The summed E-state index contributed by atoms with van der Waals surface area (Å²) in [5.74, 6) is -0.884. The summed E-state index contributed by atoms with van der Waals surface area (Å²) in [6, 6.07) is 1.97. The van der Waals surface area contributed by atoms with E-state index in [4.69, 9.17) is 5.73 Å². The molecular formula is C19H28F4N4. The molecule has 2 aliphatic rings. The third-order valence-corrected chi connectivity index (χ3v) is 5.97. The van der Waals surface area contributed by atoms with Gasteiger partial charge in [0, 0.05) is 19.1 Å². The lowest BCUT2D eigenvalue weighted by Crippen LogP contribution is -2.39. The van der Waals surface area contributed by atoms with Crippen LogP contribution in [0.5, 0.6) is 0 Å². The number of nitrogens with two attached hydrogens (primary N) is 1. The Labute approximate surface area is 157 Å². The Morgan fingerprint density at radius 2 is 1.78 bits per heavy atom. The van der Waals surface area contributed by atoms with Gasteiger partial charge in [-0.1, -0.05) is 0 Å². The van der Waals surface area contributed by atoms with Gasteiger partial charge < -0.3 is 16.0 Å². The van der Waals surface area contributed by atoms with Crippen molar-refractivity contribution < 1.29 is 17.6 Å². The first-order chi connectivity index (χ1) is 12.8. The first kappa shape index (κ1) is 20.2.